The van der Waals surface area contributed by atoms with E-state index in [2.05, 4.69) is 16.1 Å². The summed E-state index contributed by atoms with van der Waals surface area (Å²) in [7, 11) is 1.42. The lowest BCUT2D eigenvalue weighted by atomic mass is 10.0. The first-order chi connectivity index (χ1) is 7.79. The van der Waals surface area contributed by atoms with Gasteiger partial charge in [-0.15, -0.1) is 0 Å². The summed E-state index contributed by atoms with van der Waals surface area (Å²) in [6, 6.07) is 8.70. The number of ether oxygens (including phenoxy) is 1. The summed E-state index contributed by atoms with van der Waals surface area (Å²) in [5.74, 6) is -0.182. The van der Waals surface area contributed by atoms with Crippen LogP contribution >= 0.6 is 0 Å². The molecule has 0 saturated heterocycles. The summed E-state index contributed by atoms with van der Waals surface area (Å²) in [5, 5.41) is 3.45. The third-order valence-corrected chi connectivity index (χ3v) is 2.84. The first-order valence-electron chi connectivity index (χ1n) is 5.66. The number of hydrogen-bond acceptors (Lipinski definition) is 3. The molecular formula is C13H17NO2. The molecule has 1 aromatic carbocycles. The monoisotopic (exact) mass is 219 g/mol. The lowest BCUT2D eigenvalue weighted by Gasteiger charge is -2.09. The van der Waals surface area contributed by atoms with Gasteiger partial charge >= 0.3 is 5.97 Å². The maximum absolute atomic E-state index is 11.2. The van der Waals surface area contributed by atoms with Crippen molar-refractivity contribution in [2.75, 3.05) is 7.11 Å². The van der Waals surface area contributed by atoms with Gasteiger partial charge in [-0.05, 0) is 24.0 Å². The summed E-state index contributed by atoms with van der Waals surface area (Å²) >= 11 is 0. The Hall–Kier alpha value is -1.35. The van der Waals surface area contributed by atoms with Crippen molar-refractivity contribution >= 4 is 5.97 Å². The molecule has 0 atom stereocenters. The summed E-state index contributed by atoms with van der Waals surface area (Å²) in [6.07, 6.45) is 2.91. The number of carbonyl (C=O) groups excluding carboxylic acids is 1. The van der Waals surface area contributed by atoms with E-state index >= 15 is 0 Å². The van der Waals surface area contributed by atoms with E-state index in [9.17, 15) is 4.79 Å². The Morgan fingerprint density at radius 3 is 2.69 bits per heavy atom. The Morgan fingerprint density at radius 1 is 1.38 bits per heavy atom. The van der Waals surface area contributed by atoms with E-state index in [0.29, 0.717) is 12.5 Å². The molecule has 3 heteroatoms. The minimum absolute atomic E-state index is 0.182. The standard InChI is InChI=1S/C13H17NO2/c1-16-13(15)8-10-4-2-3-5-11(10)9-14-12-6-7-12/h2-5,12,14H,6-9H2,1H3. The van der Waals surface area contributed by atoms with Gasteiger partial charge in [-0.2, -0.15) is 0 Å². The minimum atomic E-state index is -0.182. The normalized spacial score (nSPS) is 14.8. The van der Waals surface area contributed by atoms with E-state index in [0.717, 1.165) is 12.1 Å². The van der Waals surface area contributed by atoms with Gasteiger partial charge in [-0.3, -0.25) is 4.79 Å². The Balaban J connectivity index is 2.00. The average Bonchev–Trinajstić information content (AvgIpc) is 3.11. The Labute approximate surface area is 95.8 Å². The zero-order chi connectivity index (χ0) is 11.4. The molecule has 86 valence electrons. The third kappa shape index (κ3) is 3.07. The first kappa shape index (κ1) is 11.1. The smallest absolute Gasteiger partial charge is 0.309 e. The van der Waals surface area contributed by atoms with E-state index in [4.69, 9.17) is 0 Å². The predicted molar refractivity (Wildman–Crippen MR) is 62.0 cm³/mol. The van der Waals surface area contributed by atoms with E-state index < -0.39 is 0 Å². The Bertz CT molecular complexity index is 372. The van der Waals surface area contributed by atoms with Crippen LogP contribution in [0.15, 0.2) is 24.3 Å². The zero-order valence-electron chi connectivity index (χ0n) is 9.53. The molecule has 0 bridgehead atoms. The molecule has 16 heavy (non-hydrogen) atoms. The number of benzene rings is 1. The maximum Gasteiger partial charge on any atom is 0.309 e. The van der Waals surface area contributed by atoms with Crippen LogP contribution in [0.2, 0.25) is 0 Å². The molecule has 1 N–H and O–H groups in total. The number of methoxy groups -OCH3 is 1. The number of esters is 1. The molecule has 3 nitrogen and oxygen atoms in total. The largest absolute Gasteiger partial charge is 0.469 e. The Morgan fingerprint density at radius 2 is 2.06 bits per heavy atom. The molecule has 0 amide bonds. The molecule has 1 aromatic rings. The van der Waals surface area contributed by atoms with Crippen LogP contribution < -0.4 is 5.32 Å². The van der Waals surface area contributed by atoms with Crippen molar-refractivity contribution < 1.29 is 9.53 Å². The van der Waals surface area contributed by atoms with Crippen molar-refractivity contribution in [3.8, 4) is 0 Å². The zero-order valence-corrected chi connectivity index (χ0v) is 9.53. The van der Waals surface area contributed by atoms with Crippen molar-refractivity contribution in [2.45, 2.75) is 31.8 Å². The molecule has 0 aliphatic heterocycles. The summed E-state index contributed by atoms with van der Waals surface area (Å²) in [4.78, 5) is 11.2. The van der Waals surface area contributed by atoms with Gasteiger partial charge in [0.1, 0.15) is 0 Å². The number of hydrogen-bond donors (Lipinski definition) is 1. The second-order valence-corrected chi connectivity index (χ2v) is 4.18. The van der Waals surface area contributed by atoms with Crippen molar-refractivity contribution in [3.05, 3.63) is 35.4 Å². The Kier molecular flexibility index (Phi) is 3.57. The fraction of sp³-hybridized carbons (Fsp3) is 0.462. The highest BCUT2D eigenvalue weighted by atomic mass is 16.5. The SMILES string of the molecule is COC(=O)Cc1ccccc1CNC1CC1. The molecule has 2 rings (SSSR count). The van der Waals surface area contributed by atoms with Crippen molar-refractivity contribution in [1.29, 1.82) is 0 Å². The van der Waals surface area contributed by atoms with Crippen molar-refractivity contribution in [3.63, 3.8) is 0 Å². The molecular weight excluding hydrogens is 202 g/mol. The van der Waals surface area contributed by atoms with Gasteiger partial charge in [0.2, 0.25) is 0 Å². The first-order valence-corrected chi connectivity index (χ1v) is 5.66. The second-order valence-electron chi connectivity index (χ2n) is 4.18. The quantitative estimate of drug-likeness (QED) is 0.765. The topological polar surface area (TPSA) is 38.3 Å². The van der Waals surface area contributed by atoms with Crippen LogP contribution in [0.3, 0.4) is 0 Å². The highest BCUT2D eigenvalue weighted by Gasteiger charge is 2.20. The summed E-state index contributed by atoms with van der Waals surface area (Å²) < 4.78 is 4.69. The van der Waals surface area contributed by atoms with Gasteiger partial charge in [0.15, 0.2) is 0 Å². The molecule has 0 aromatic heterocycles. The highest BCUT2D eigenvalue weighted by molar-refractivity contribution is 5.72. The summed E-state index contributed by atoms with van der Waals surface area (Å²) in [5.41, 5.74) is 2.25. The maximum atomic E-state index is 11.2. The highest BCUT2D eigenvalue weighted by Crippen LogP contribution is 2.20. The average molecular weight is 219 g/mol. The van der Waals surface area contributed by atoms with Gasteiger partial charge < -0.3 is 10.1 Å². The number of carbonyl (C=O) groups is 1. The van der Waals surface area contributed by atoms with E-state index in [1.54, 1.807) is 0 Å². The van der Waals surface area contributed by atoms with Gasteiger partial charge in [-0.25, -0.2) is 0 Å². The van der Waals surface area contributed by atoms with Crippen LogP contribution in [0, 0.1) is 0 Å². The van der Waals surface area contributed by atoms with Crippen LogP contribution in [0.1, 0.15) is 24.0 Å². The second kappa shape index (κ2) is 5.12. The van der Waals surface area contributed by atoms with E-state index in [1.807, 2.05) is 18.2 Å². The van der Waals surface area contributed by atoms with Crippen LogP contribution in [-0.4, -0.2) is 19.1 Å². The molecule has 1 fully saturated rings. The molecule has 0 radical (unpaired) electrons. The van der Waals surface area contributed by atoms with Crippen LogP contribution in [0.4, 0.5) is 0 Å². The lowest BCUT2D eigenvalue weighted by Crippen LogP contribution is -2.17. The predicted octanol–water partition coefficient (Wildman–Crippen LogP) is 1.65. The lowest BCUT2D eigenvalue weighted by molar-refractivity contribution is -0.139. The van der Waals surface area contributed by atoms with Crippen molar-refractivity contribution in [1.82, 2.24) is 5.32 Å². The van der Waals surface area contributed by atoms with Gasteiger partial charge in [0, 0.05) is 12.6 Å². The van der Waals surface area contributed by atoms with E-state index in [-0.39, 0.29) is 5.97 Å². The fourth-order valence-electron chi connectivity index (χ4n) is 1.67. The molecule has 1 saturated carbocycles. The molecule has 0 unspecified atom stereocenters. The van der Waals surface area contributed by atoms with Gasteiger partial charge in [0.05, 0.1) is 13.5 Å². The van der Waals surface area contributed by atoms with Crippen LogP contribution in [0.25, 0.3) is 0 Å². The molecule has 0 heterocycles. The van der Waals surface area contributed by atoms with Gasteiger partial charge in [0.25, 0.3) is 0 Å². The minimum Gasteiger partial charge on any atom is -0.469 e. The van der Waals surface area contributed by atoms with E-state index in [1.165, 1.54) is 25.5 Å². The summed E-state index contributed by atoms with van der Waals surface area (Å²) in [6.45, 7) is 0.845. The molecule has 0 spiro atoms. The van der Waals surface area contributed by atoms with Crippen molar-refractivity contribution in [2.24, 2.45) is 0 Å². The molecule has 1 aliphatic rings. The van der Waals surface area contributed by atoms with Gasteiger partial charge in [-0.1, -0.05) is 24.3 Å². The van der Waals surface area contributed by atoms with Crippen LogP contribution in [-0.2, 0) is 22.5 Å². The van der Waals surface area contributed by atoms with Crippen LogP contribution in [0.5, 0.6) is 0 Å². The number of rotatable bonds is 5. The number of nitrogens with one attached hydrogen (secondary N) is 1. The molecule has 1 aliphatic carbocycles. The third-order valence-electron chi connectivity index (χ3n) is 2.84. The fourth-order valence-corrected chi connectivity index (χ4v) is 1.67.